The molecule has 2 aromatic carbocycles. The molecular weight excluding hydrogens is 413 g/mol. The van der Waals surface area contributed by atoms with Crippen LogP contribution < -0.4 is 5.73 Å². The molecule has 1 saturated heterocycles. The normalized spacial score (nSPS) is 21.0. The van der Waals surface area contributed by atoms with E-state index in [1.807, 2.05) is 36.4 Å². The van der Waals surface area contributed by atoms with Gasteiger partial charge < -0.3 is 10.5 Å². The highest BCUT2D eigenvalue weighted by molar-refractivity contribution is 6.31. The Morgan fingerprint density at radius 2 is 2.00 bits per heavy atom. The maximum Gasteiger partial charge on any atom is 0.288 e. The summed E-state index contributed by atoms with van der Waals surface area (Å²) in [5.41, 5.74) is 6.80. The minimum Gasteiger partial charge on any atom is -0.363 e. The van der Waals surface area contributed by atoms with E-state index >= 15 is 0 Å². The van der Waals surface area contributed by atoms with Crippen molar-refractivity contribution in [2.75, 3.05) is 13.2 Å². The van der Waals surface area contributed by atoms with Crippen molar-refractivity contribution in [2.24, 2.45) is 5.73 Å². The maximum absolute atomic E-state index is 11.7. The highest BCUT2D eigenvalue weighted by Crippen LogP contribution is 2.47. The van der Waals surface area contributed by atoms with Crippen LogP contribution >= 0.6 is 23.2 Å². The van der Waals surface area contributed by atoms with Crippen LogP contribution in [0.15, 0.2) is 42.5 Å². The Morgan fingerprint density at radius 3 is 2.79 bits per heavy atom. The van der Waals surface area contributed by atoms with E-state index in [-0.39, 0.29) is 5.82 Å². The maximum atomic E-state index is 11.7. The van der Waals surface area contributed by atoms with Crippen molar-refractivity contribution in [3.8, 4) is 5.69 Å². The molecule has 1 aromatic heterocycles. The molecule has 0 radical (unpaired) electrons. The summed E-state index contributed by atoms with van der Waals surface area (Å²) < 4.78 is 8.14. The molecule has 2 N–H and O–H groups in total. The predicted octanol–water partition coefficient (Wildman–Crippen LogP) is 3.11. The van der Waals surface area contributed by atoms with E-state index in [1.165, 1.54) is 0 Å². The van der Waals surface area contributed by atoms with Crippen molar-refractivity contribution in [3.05, 3.63) is 75.3 Å². The third-order valence-electron chi connectivity index (χ3n) is 5.35. The summed E-state index contributed by atoms with van der Waals surface area (Å²) in [6.07, 6.45) is 0.846. The van der Waals surface area contributed by atoms with Crippen molar-refractivity contribution in [1.29, 1.82) is 0 Å². The van der Waals surface area contributed by atoms with Gasteiger partial charge in [0.25, 0.3) is 5.91 Å². The first-order valence-corrected chi connectivity index (χ1v) is 9.96. The zero-order valence-corrected chi connectivity index (χ0v) is 16.8. The molecule has 7 nitrogen and oxygen atoms in total. The van der Waals surface area contributed by atoms with Crippen LogP contribution in [0.4, 0.5) is 0 Å². The summed E-state index contributed by atoms with van der Waals surface area (Å²) in [4.78, 5) is 18.2. The minimum absolute atomic E-state index is 0.0240. The van der Waals surface area contributed by atoms with Gasteiger partial charge in [0.1, 0.15) is 5.82 Å². The number of carbonyl (C=O) groups is 1. The number of hydrogen-bond donors (Lipinski definition) is 1. The molecule has 2 aliphatic heterocycles. The molecule has 3 aromatic rings. The lowest BCUT2D eigenvalue weighted by molar-refractivity contribution is -0.169. The zero-order valence-electron chi connectivity index (χ0n) is 15.3. The molecule has 9 heteroatoms. The van der Waals surface area contributed by atoms with Crippen LogP contribution in [0.25, 0.3) is 5.69 Å². The van der Waals surface area contributed by atoms with Crippen molar-refractivity contribution in [3.63, 3.8) is 0 Å². The summed E-state index contributed by atoms with van der Waals surface area (Å²) in [7, 11) is 0. The number of aromatic nitrogens is 3. The second-order valence-corrected chi connectivity index (χ2v) is 7.88. The Morgan fingerprint density at radius 1 is 1.17 bits per heavy atom. The lowest BCUT2D eigenvalue weighted by atomic mass is 9.90. The third kappa shape index (κ3) is 2.77. The van der Waals surface area contributed by atoms with Crippen molar-refractivity contribution in [2.45, 2.75) is 18.7 Å². The smallest absolute Gasteiger partial charge is 0.288 e. The summed E-state index contributed by atoms with van der Waals surface area (Å²) in [5.74, 6) is -0.0979. The van der Waals surface area contributed by atoms with E-state index in [2.05, 4.69) is 15.0 Å². The van der Waals surface area contributed by atoms with Crippen LogP contribution in [-0.4, -0.2) is 38.7 Å². The number of carbonyl (C=O) groups excluding carboxylic acids is 1. The monoisotopic (exact) mass is 429 g/mol. The highest BCUT2D eigenvalue weighted by atomic mass is 35.5. The number of ether oxygens (including phenoxy) is 1. The van der Waals surface area contributed by atoms with Gasteiger partial charge in [-0.05, 0) is 30.7 Å². The van der Waals surface area contributed by atoms with Crippen LogP contribution in [0, 0.1) is 0 Å². The van der Waals surface area contributed by atoms with E-state index in [0.717, 1.165) is 24.1 Å². The molecule has 1 atom stereocenters. The SMILES string of the molecule is NC(=O)c1nc2n(n1)-c1ccc(Cl)cc1C1(c3ccccc3Cl)OCCCN1C2. The van der Waals surface area contributed by atoms with E-state index in [0.29, 0.717) is 34.7 Å². The topological polar surface area (TPSA) is 86.3 Å². The van der Waals surface area contributed by atoms with Crippen molar-refractivity contribution in [1.82, 2.24) is 19.7 Å². The molecule has 0 bridgehead atoms. The molecule has 29 heavy (non-hydrogen) atoms. The van der Waals surface area contributed by atoms with Crippen molar-refractivity contribution >= 4 is 29.1 Å². The Hall–Kier alpha value is -2.45. The van der Waals surface area contributed by atoms with Gasteiger partial charge in [0, 0.05) is 27.7 Å². The number of fused-ring (bicyclic) bond motifs is 5. The third-order valence-corrected chi connectivity index (χ3v) is 5.91. The highest BCUT2D eigenvalue weighted by Gasteiger charge is 2.49. The summed E-state index contributed by atoms with van der Waals surface area (Å²) in [6, 6.07) is 13.1. The largest absolute Gasteiger partial charge is 0.363 e. The molecule has 1 fully saturated rings. The van der Waals surface area contributed by atoms with Gasteiger partial charge in [-0.1, -0.05) is 41.4 Å². The Balaban J connectivity index is 1.85. The Kier molecular flexibility index (Phi) is 4.36. The van der Waals surface area contributed by atoms with Crippen LogP contribution in [0.2, 0.25) is 10.0 Å². The van der Waals surface area contributed by atoms with Gasteiger partial charge in [0.15, 0.2) is 5.72 Å². The molecular formula is C20H17Cl2N5O2. The number of hydrogen-bond acceptors (Lipinski definition) is 5. The number of nitrogens with zero attached hydrogens (tertiary/aromatic N) is 4. The second kappa shape index (κ2) is 6.81. The van der Waals surface area contributed by atoms with Gasteiger partial charge in [0.05, 0.1) is 18.8 Å². The van der Waals surface area contributed by atoms with E-state index in [9.17, 15) is 4.79 Å². The first-order chi connectivity index (χ1) is 14.0. The molecule has 148 valence electrons. The standard InChI is InChI=1S/C20H17Cl2N5O2/c21-12-6-7-16-14(10-12)20(13-4-1-2-5-15(13)22)26(8-3-9-29-20)11-17-24-19(18(23)28)25-27(16)17/h1-2,4-7,10H,3,8-9,11H2,(H2,23,28). The number of amides is 1. The Labute approximate surface area is 177 Å². The molecule has 3 heterocycles. The van der Waals surface area contributed by atoms with Crippen LogP contribution in [0.3, 0.4) is 0 Å². The molecule has 0 aliphatic carbocycles. The van der Waals surface area contributed by atoms with Crippen LogP contribution in [0.5, 0.6) is 0 Å². The quantitative estimate of drug-likeness (QED) is 0.675. The van der Waals surface area contributed by atoms with Gasteiger partial charge >= 0.3 is 0 Å². The number of nitrogens with two attached hydrogens (primary N) is 1. The summed E-state index contributed by atoms with van der Waals surface area (Å²) >= 11 is 13.1. The van der Waals surface area contributed by atoms with Gasteiger partial charge in [-0.15, -0.1) is 5.10 Å². The fourth-order valence-corrected chi connectivity index (χ4v) is 4.61. The predicted molar refractivity (Wildman–Crippen MR) is 108 cm³/mol. The summed E-state index contributed by atoms with van der Waals surface area (Å²) in [6.45, 7) is 1.71. The first-order valence-electron chi connectivity index (χ1n) is 9.21. The zero-order chi connectivity index (χ0) is 20.2. The van der Waals surface area contributed by atoms with E-state index < -0.39 is 11.6 Å². The van der Waals surface area contributed by atoms with E-state index in [4.69, 9.17) is 33.7 Å². The molecule has 5 rings (SSSR count). The average Bonchev–Trinajstić information content (AvgIpc) is 3.09. The van der Waals surface area contributed by atoms with Crippen molar-refractivity contribution < 1.29 is 9.53 Å². The second-order valence-electron chi connectivity index (χ2n) is 7.04. The van der Waals surface area contributed by atoms with Gasteiger partial charge in [0.2, 0.25) is 5.82 Å². The summed E-state index contributed by atoms with van der Waals surface area (Å²) in [5, 5.41) is 5.51. The fraction of sp³-hybridized carbons (Fsp3) is 0.250. The molecule has 0 spiro atoms. The minimum atomic E-state index is -0.952. The number of rotatable bonds is 2. The van der Waals surface area contributed by atoms with Crippen LogP contribution in [-0.2, 0) is 17.0 Å². The number of benzene rings is 2. The number of primary amides is 1. The van der Waals surface area contributed by atoms with Gasteiger partial charge in [-0.25, -0.2) is 9.67 Å². The van der Waals surface area contributed by atoms with E-state index in [1.54, 1.807) is 10.7 Å². The lowest BCUT2D eigenvalue weighted by Gasteiger charge is -2.46. The molecule has 1 amide bonds. The van der Waals surface area contributed by atoms with Gasteiger partial charge in [-0.3, -0.25) is 9.69 Å². The Bertz CT molecular complexity index is 1130. The average molecular weight is 430 g/mol. The fourth-order valence-electron chi connectivity index (χ4n) is 4.17. The molecule has 0 saturated carbocycles. The van der Waals surface area contributed by atoms with Crippen LogP contribution in [0.1, 0.15) is 34.0 Å². The number of halogens is 2. The lowest BCUT2D eigenvalue weighted by Crippen LogP contribution is -2.52. The molecule has 1 unspecified atom stereocenters. The molecule has 2 aliphatic rings. The van der Waals surface area contributed by atoms with Gasteiger partial charge in [-0.2, -0.15) is 0 Å². The first kappa shape index (κ1) is 18.6.